The molecular formula is C13H16N2O. The fourth-order valence-corrected chi connectivity index (χ4v) is 1.30. The number of hydrogen-bond acceptors (Lipinski definition) is 3. The predicted octanol–water partition coefficient (Wildman–Crippen LogP) is 1.17. The first-order chi connectivity index (χ1) is 7.77. The van der Waals surface area contributed by atoms with Gasteiger partial charge in [-0.15, -0.1) is 6.42 Å². The second-order valence-corrected chi connectivity index (χ2v) is 3.41. The van der Waals surface area contributed by atoms with Gasteiger partial charge in [0.15, 0.2) is 0 Å². The van der Waals surface area contributed by atoms with Crippen molar-refractivity contribution in [3.63, 3.8) is 0 Å². The number of likely N-dealkylation sites (N-methyl/N-ethyl adjacent to an activating group) is 1. The van der Waals surface area contributed by atoms with E-state index in [1.807, 2.05) is 36.2 Å². The molecule has 0 aliphatic heterocycles. The molecule has 0 aromatic heterocycles. The molecule has 0 saturated carbocycles. The number of hydrogen-bond donors (Lipinski definition) is 1. The van der Waals surface area contributed by atoms with Gasteiger partial charge in [-0.25, -0.2) is 0 Å². The number of rotatable bonds is 5. The third kappa shape index (κ3) is 3.76. The average Bonchev–Trinajstić information content (AvgIpc) is 2.30. The van der Waals surface area contributed by atoms with E-state index in [0.29, 0.717) is 13.1 Å². The average molecular weight is 216 g/mol. The van der Waals surface area contributed by atoms with Crippen LogP contribution in [-0.2, 0) is 0 Å². The summed E-state index contributed by atoms with van der Waals surface area (Å²) in [6, 6.07) is 7.94. The molecule has 3 nitrogen and oxygen atoms in total. The standard InChI is InChI=1S/C13H16N2O/c1-3-8-14-11-12-4-6-13(7-5-12)15(2)9-10-16/h1,4-7,11,16H,8-10H2,2H3. The zero-order chi connectivity index (χ0) is 11.8. The molecule has 0 atom stereocenters. The Morgan fingerprint density at radius 3 is 2.69 bits per heavy atom. The topological polar surface area (TPSA) is 35.8 Å². The Labute approximate surface area is 96.4 Å². The summed E-state index contributed by atoms with van der Waals surface area (Å²) >= 11 is 0. The molecule has 0 radical (unpaired) electrons. The van der Waals surface area contributed by atoms with Crippen LogP contribution in [0.1, 0.15) is 5.56 Å². The van der Waals surface area contributed by atoms with E-state index in [0.717, 1.165) is 11.3 Å². The minimum atomic E-state index is 0.155. The third-order valence-corrected chi connectivity index (χ3v) is 2.19. The molecule has 0 spiro atoms. The Bertz CT molecular complexity index is 376. The van der Waals surface area contributed by atoms with Gasteiger partial charge in [-0.2, -0.15) is 0 Å². The number of aliphatic imine (C=N–C) groups is 1. The summed E-state index contributed by atoms with van der Waals surface area (Å²) in [5.74, 6) is 2.45. The fourth-order valence-electron chi connectivity index (χ4n) is 1.30. The Balaban J connectivity index is 2.64. The summed E-state index contributed by atoms with van der Waals surface area (Å²) < 4.78 is 0. The molecular weight excluding hydrogens is 200 g/mol. The molecule has 16 heavy (non-hydrogen) atoms. The molecule has 1 aromatic carbocycles. The van der Waals surface area contributed by atoms with E-state index in [1.165, 1.54) is 0 Å². The Kier molecular flexibility index (Phi) is 5.10. The van der Waals surface area contributed by atoms with Gasteiger partial charge < -0.3 is 10.0 Å². The Morgan fingerprint density at radius 1 is 1.44 bits per heavy atom. The zero-order valence-corrected chi connectivity index (χ0v) is 9.43. The van der Waals surface area contributed by atoms with Crippen molar-refractivity contribution < 1.29 is 5.11 Å². The van der Waals surface area contributed by atoms with E-state index >= 15 is 0 Å². The lowest BCUT2D eigenvalue weighted by molar-refractivity contribution is 0.304. The lowest BCUT2D eigenvalue weighted by Crippen LogP contribution is -2.20. The van der Waals surface area contributed by atoms with Crippen molar-refractivity contribution in [2.24, 2.45) is 4.99 Å². The van der Waals surface area contributed by atoms with Gasteiger partial charge in [-0.3, -0.25) is 4.99 Å². The fraction of sp³-hybridized carbons (Fsp3) is 0.308. The second kappa shape index (κ2) is 6.65. The molecule has 1 rings (SSSR count). The van der Waals surface area contributed by atoms with Crippen LogP contribution in [0.15, 0.2) is 29.3 Å². The highest BCUT2D eigenvalue weighted by Crippen LogP contribution is 2.12. The summed E-state index contributed by atoms with van der Waals surface area (Å²) in [4.78, 5) is 6.04. The van der Waals surface area contributed by atoms with E-state index in [2.05, 4.69) is 10.9 Å². The monoisotopic (exact) mass is 216 g/mol. The van der Waals surface area contributed by atoms with Crippen molar-refractivity contribution in [1.82, 2.24) is 0 Å². The molecule has 84 valence electrons. The van der Waals surface area contributed by atoms with E-state index in [9.17, 15) is 0 Å². The van der Waals surface area contributed by atoms with Gasteiger partial charge in [0.1, 0.15) is 0 Å². The van der Waals surface area contributed by atoms with E-state index in [1.54, 1.807) is 6.21 Å². The lowest BCUT2D eigenvalue weighted by atomic mass is 10.2. The molecule has 0 heterocycles. The van der Waals surface area contributed by atoms with Gasteiger partial charge in [0.25, 0.3) is 0 Å². The minimum absolute atomic E-state index is 0.155. The van der Waals surface area contributed by atoms with Crippen LogP contribution in [0, 0.1) is 12.3 Å². The van der Waals surface area contributed by atoms with E-state index < -0.39 is 0 Å². The molecule has 0 amide bonds. The minimum Gasteiger partial charge on any atom is -0.395 e. The number of anilines is 1. The van der Waals surface area contributed by atoms with Crippen molar-refractivity contribution in [3.8, 4) is 12.3 Å². The number of aliphatic hydroxyl groups is 1. The number of aliphatic hydroxyl groups excluding tert-OH is 1. The highest BCUT2D eigenvalue weighted by atomic mass is 16.3. The first-order valence-electron chi connectivity index (χ1n) is 5.13. The molecule has 1 N–H and O–H groups in total. The Morgan fingerprint density at radius 2 is 2.12 bits per heavy atom. The van der Waals surface area contributed by atoms with Crippen LogP contribution in [0.4, 0.5) is 5.69 Å². The maximum Gasteiger partial charge on any atom is 0.0995 e. The summed E-state index contributed by atoms with van der Waals surface area (Å²) in [5.41, 5.74) is 2.10. The lowest BCUT2D eigenvalue weighted by Gasteiger charge is -2.17. The van der Waals surface area contributed by atoms with Crippen LogP contribution in [-0.4, -0.2) is 38.1 Å². The highest BCUT2D eigenvalue weighted by Gasteiger charge is 1.98. The summed E-state index contributed by atoms with van der Waals surface area (Å²) in [6.45, 7) is 1.19. The summed E-state index contributed by atoms with van der Waals surface area (Å²) in [5, 5.41) is 8.81. The molecule has 3 heteroatoms. The first kappa shape index (κ1) is 12.3. The van der Waals surface area contributed by atoms with Crippen molar-refractivity contribution >= 4 is 11.9 Å². The Hall–Kier alpha value is -1.79. The number of terminal acetylenes is 1. The third-order valence-electron chi connectivity index (χ3n) is 2.19. The highest BCUT2D eigenvalue weighted by molar-refractivity contribution is 5.80. The molecule has 0 bridgehead atoms. The van der Waals surface area contributed by atoms with Crippen molar-refractivity contribution in [2.45, 2.75) is 0 Å². The van der Waals surface area contributed by atoms with Gasteiger partial charge >= 0.3 is 0 Å². The van der Waals surface area contributed by atoms with Crippen molar-refractivity contribution in [2.75, 3.05) is 31.6 Å². The predicted molar refractivity (Wildman–Crippen MR) is 68.1 cm³/mol. The number of benzene rings is 1. The van der Waals surface area contributed by atoms with Crippen LogP contribution in [0.25, 0.3) is 0 Å². The van der Waals surface area contributed by atoms with Gasteiger partial charge in [0, 0.05) is 25.5 Å². The van der Waals surface area contributed by atoms with Crippen LogP contribution < -0.4 is 4.90 Å². The molecule has 0 fully saturated rings. The molecule has 1 aromatic rings. The quantitative estimate of drug-likeness (QED) is 0.592. The van der Waals surface area contributed by atoms with E-state index in [-0.39, 0.29) is 6.61 Å². The normalized spacial score (nSPS) is 10.3. The van der Waals surface area contributed by atoms with Gasteiger partial charge in [-0.05, 0) is 17.7 Å². The molecule has 0 unspecified atom stereocenters. The van der Waals surface area contributed by atoms with E-state index in [4.69, 9.17) is 11.5 Å². The summed E-state index contributed by atoms with van der Waals surface area (Å²) in [6.07, 6.45) is 6.86. The van der Waals surface area contributed by atoms with Crippen molar-refractivity contribution in [3.05, 3.63) is 29.8 Å². The molecule has 0 saturated heterocycles. The zero-order valence-electron chi connectivity index (χ0n) is 9.43. The van der Waals surface area contributed by atoms with Gasteiger partial charge in [0.05, 0.1) is 13.2 Å². The molecule has 0 aliphatic rings. The van der Waals surface area contributed by atoms with Crippen LogP contribution >= 0.6 is 0 Å². The maximum atomic E-state index is 8.81. The van der Waals surface area contributed by atoms with Crippen LogP contribution in [0.2, 0.25) is 0 Å². The second-order valence-electron chi connectivity index (χ2n) is 3.41. The maximum absolute atomic E-state index is 8.81. The van der Waals surface area contributed by atoms with Gasteiger partial charge in [0.2, 0.25) is 0 Å². The SMILES string of the molecule is C#CCN=Cc1ccc(N(C)CCO)cc1. The van der Waals surface area contributed by atoms with Gasteiger partial charge in [-0.1, -0.05) is 18.1 Å². The largest absolute Gasteiger partial charge is 0.395 e. The van der Waals surface area contributed by atoms with Crippen LogP contribution in [0.3, 0.4) is 0 Å². The smallest absolute Gasteiger partial charge is 0.0995 e. The van der Waals surface area contributed by atoms with Crippen molar-refractivity contribution in [1.29, 1.82) is 0 Å². The number of nitrogens with zero attached hydrogens (tertiary/aromatic N) is 2. The van der Waals surface area contributed by atoms with Crippen LogP contribution in [0.5, 0.6) is 0 Å². The molecule has 0 aliphatic carbocycles. The first-order valence-corrected chi connectivity index (χ1v) is 5.13. The summed E-state index contributed by atoms with van der Waals surface area (Å²) in [7, 11) is 1.94.